The summed E-state index contributed by atoms with van der Waals surface area (Å²) in [6.45, 7) is 12.9. The molecule has 1 amide bonds. The molecule has 0 aromatic heterocycles. The fraction of sp³-hybridized carbons (Fsp3) is 0.619. The Morgan fingerprint density at radius 3 is 2.33 bits per heavy atom. The number of carboxylic acids is 1. The van der Waals surface area contributed by atoms with Crippen molar-refractivity contribution in [1.29, 1.82) is 0 Å². The smallest absolute Gasteiger partial charge is 0.410 e. The number of amides is 1. The summed E-state index contributed by atoms with van der Waals surface area (Å²) in [4.78, 5) is 27.8. The van der Waals surface area contributed by atoms with Gasteiger partial charge in [0.2, 0.25) is 0 Å². The molecular formula is C21H32N2O4. The Hall–Kier alpha value is -2.08. The summed E-state index contributed by atoms with van der Waals surface area (Å²) in [7, 11) is 0. The maximum Gasteiger partial charge on any atom is 0.410 e. The highest BCUT2D eigenvalue weighted by Gasteiger charge is 2.33. The quantitative estimate of drug-likeness (QED) is 0.845. The SMILES string of the molecule is CC(C)CC1CN(Cc2ccc(C(=O)O)cc2)CCN1C(=O)OC(C)(C)C. The predicted molar refractivity (Wildman–Crippen MR) is 105 cm³/mol. The second-order valence-corrected chi connectivity index (χ2v) is 8.69. The molecule has 0 aliphatic carbocycles. The predicted octanol–water partition coefficient (Wildman–Crippen LogP) is 3.85. The van der Waals surface area contributed by atoms with Gasteiger partial charge in [0.1, 0.15) is 5.60 Å². The van der Waals surface area contributed by atoms with Gasteiger partial charge in [0.05, 0.1) is 5.56 Å². The van der Waals surface area contributed by atoms with Crippen LogP contribution in [0.4, 0.5) is 4.79 Å². The molecule has 1 aromatic carbocycles. The highest BCUT2D eigenvalue weighted by atomic mass is 16.6. The van der Waals surface area contributed by atoms with E-state index in [1.165, 1.54) is 0 Å². The normalized spacial score (nSPS) is 18.6. The monoisotopic (exact) mass is 376 g/mol. The summed E-state index contributed by atoms with van der Waals surface area (Å²) in [6, 6.07) is 7.12. The van der Waals surface area contributed by atoms with E-state index in [1.54, 1.807) is 12.1 Å². The van der Waals surface area contributed by atoms with Gasteiger partial charge in [-0.05, 0) is 50.8 Å². The molecule has 6 nitrogen and oxygen atoms in total. The fourth-order valence-corrected chi connectivity index (χ4v) is 3.38. The molecule has 1 aliphatic heterocycles. The Bertz CT molecular complexity index is 649. The zero-order chi connectivity index (χ0) is 20.2. The van der Waals surface area contributed by atoms with E-state index in [1.807, 2.05) is 37.8 Å². The summed E-state index contributed by atoms with van der Waals surface area (Å²) in [5.41, 5.74) is 0.878. The molecule has 27 heavy (non-hydrogen) atoms. The van der Waals surface area contributed by atoms with E-state index in [0.717, 1.165) is 31.6 Å². The van der Waals surface area contributed by atoms with Crippen LogP contribution in [0.2, 0.25) is 0 Å². The van der Waals surface area contributed by atoms with Crippen LogP contribution in [0.1, 0.15) is 57.0 Å². The third-order valence-corrected chi connectivity index (χ3v) is 4.55. The Morgan fingerprint density at radius 2 is 1.81 bits per heavy atom. The summed E-state index contributed by atoms with van der Waals surface area (Å²) < 4.78 is 5.59. The van der Waals surface area contributed by atoms with Gasteiger partial charge in [-0.3, -0.25) is 4.90 Å². The number of ether oxygens (including phenoxy) is 1. The molecular weight excluding hydrogens is 344 g/mol. The number of hydrogen-bond acceptors (Lipinski definition) is 4. The minimum absolute atomic E-state index is 0.117. The summed E-state index contributed by atoms with van der Waals surface area (Å²) in [6.07, 6.45) is 0.687. The van der Waals surface area contributed by atoms with Crippen LogP contribution >= 0.6 is 0 Å². The van der Waals surface area contributed by atoms with Crippen molar-refractivity contribution in [3.63, 3.8) is 0 Å². The number of nitrogens with zero attached hydrogens (tertiary/aromatic N) is 2. The third-order valence-electron chi connectivity index (χ3n) is 4.55. The van der Waals surface area contributed by atoms with E-state index in [0.29, 0.717) is 18.0 Å². The van der Waals surface area contributed by atoms with E-state index >= 15 is 0 Å². The van der Waals surface area contributed by atoms with Crippen molar-refractivity contribution in [3.05, 3.63) is 35.4 Å². The topological polar surface area (TPSA) is 70.1 Å². The Balaban J connectivity index is 2.03. The first-order valence-corrected chi connectivity index (χ1v) is 9.59. The molecule has 1 saturated heterocycles. The van der Waals surface area contributed by atoms with Crippen molar-refractivity contribution in [1.82, 2.24) is 9.80 Å². The van der Waals surface area contributed by atoms with E-state index in [-0.39, 0.29) is 12.1 Å². The molecule has 2 rings (SSSR count). The number of carbonyl (C=O) groups excluding carboxylic acids is 1. The third kappa shape index (κ3) is 6.54. The Kier molecular flexibility index (Phi) is 6.87. The highest BCUT2D eigenvalue weighted by Crippen LogP contribution is 2.22. The molecule has 1 N–H and O–H groups in total. The number of hydrogen-bond donors (Lipinski definition) is 1. The number of rotatable bonds is 5. The lowest BCUT2D eigenvalue weighted by Crippen LogP contribution is -2.56. The fourth-order valence-electron chi connectivity index (χ4n) is 3.38. The molecule has 1 fully saturated rings. The summed E-state index contributed by atoms with van der Waals surface area (Å²) >= 11 is 0. The molecule has 0 saturated carbocycles. The van der Waals surface area contributed by atoms with Crippen molar-refractivity contribution >= 4 is 12.1 Å². The van der Waals surface area contributed by atoms with Crippen molar-refractivity contribution in [2.24, 2.45) is 5.92 Å². The van der Waals surface area contributed by atoms with Gasteiger partial charge in [0.25, 0.3) is 0 Å². The van der Waals surface area contributed by atoms with Crippen molar-refractivity contribution in [3.8, 4) is 0 Å². The first-order chi connectivity index (χ1) is 12.5. The van der Waals surface area contributed by atoms with E-state index in [4.69, 9.17) is 9.84 Å². The van der Waals surface area contributed by atoms with Crippen molar-refractivity contribution in [2.45, 2.75) is 59.2 Å². The van der Waals surface area contributed by atoms with Crippen LogP contribution in [-0.2, 0) is 11.3 Å². The second kappa shape index (κ2) is 8.74. The highest BCUT2D eigenvalue weighted by molar-refractivity contribution is 5.87. The first-order valence-electron chi connectivity index (χ1n) is 9.59. The molecule has 0 radical (unpaired) electrons. The average molecular weight is 376 g/mol. The molecule has 150 valence electrons. The lowest BCUT2D eigenvalue weighted by Gasteiger charge is -2.42. The van der Waals surface area contributed by atoms with Crippen molar-refractivity contribution in [2.75, 3.05) is 19.6 Å². The number of aromatic carboxylic acids is 1. The van der Waals surface area contributed by atoms with Crippen LogP contribution in [0.15, 0.2) is 24.3 Å². The van der Waals surface area contributed by atoms with Gasteiger partial charge >= 0.3 is 12.1 Å². The average Bonchev–Trinajstić information content (AvgIpc) is 2.53. The largest absolute Gasteiger partial charge is 0.478 e. The minimum Gasteiger partial charge on any atom is -0.478 e. The molecule has 1 atom stereocenters. The van der Waals surface area contributed by atoms with Crippen molar-refractivity contribution < 1.29 is 19.4 Å². The maximum atomic E-state index is 12.6. The summed E-state index contributed by atoms with van der Waals surface area (Å²) in [5, 5.41) is 9.02. The molecule has 0 spiro atoms. The van der Waals surface area contributed by atoms with Gasteiger partial charge in [-0.15, -0.1) is 0 Å². The standard InChI is InChI=1S/C21H32N2O4/c1-15(2)12-18-14-22(10-11-23(18)20(26)27-21(3,4)5)13-16-6-8-17(9-7-16)19(24)25/h6-9,15,18H,10-14H2,1-5H3,(H,24,25). The van der Waals surface area contributed by atoms with E-state index < -0.39 is 11.6 Å². The second-order valence-electron chi connectivity index (χ2n) is 8.69. The van der Waals surface area contributed by atoms with Crippen LogP contribution in [0, 0.1) is 5.92 Å². The minimum atomic E-state index is -0.912. The van der Waals surface area contributed by atoms with Gasteiger partial charge in [-0.1, -0.05) is 26.0 Å². The van der Waals surface area contributed by atoms with Crippen LogP contribution in [0.5, 0.6) is 0 Å². The number of benzene rings is 1. The molecule has 6 heteroatoms. The first kappa shape index (κ1) is 21.2. The lowest BCUT2D eigenvalue weighted by atomic mass is 10.00. The number of carboxylic acid groups (broad SMARTS) is 1. The van der Waals surface area contributed by atoms with Gasteiger partial charge in [0.15, 0.2) is 0 Å². The Labute approximate surface area is 162 Å². The van der Waals surface area contributed by atoms with Gasteiger partial charge < -0.3 is 14.7 Å². The summed E-state index contributed by atoms with van der Waals surface area (Å²) in [5.74, 6) is -0.431. The lowest BCUT2D eigenvalue weighted by molar-refractivity contribution is -0.00565. The number of carbonyl (C=O) groups is 2. The van der Waals surface area contributed by atoms with Crippen LogP contribution in [0.3, 0.4) is 0 Å². The van der Waals surface area contributed by atoms with Gasteiger partial charge in [0, 0.05) is 32.2 Å². The van der Waals surface area contributed by atoms with Gasteiger partial charge in [-0.2, -0.15) is 0 Å². The van der Waals surface area contributed by atoms with E-state index in [2.05, 4.69) is 18.7 Å². The molecule has 0 bridgehead atoms. The molecule has 1 unspecified atom stereocenters. The van der Waals surface area contributed by atoms with Gasteiger partial charge in [-0.25, -0.2) is 9.59 Å². The number of piperazine rings is 1. The molecule has 1 heterocycles. The Morgan fingerprint density at radius 1 is 1.19 bits per heavy atom. The van der Waals surface area contributed by atoms with Crippen LogP contribution < -0.4 is 0 Å². The zero-order valence-electron chi connectivity index (χ0n) is 17.1. The maximum absolute atomic E-state index is 12.6. The molecule has 1 aromatic rings. The van der Waals surface area contributed by atoms with Crippen LogP contribution in [0.25, 0.3) is 0 Å². The zero-order valence-corrected chi connectivity index (χ0v) is 17.1. The van der Waals surface area contributed by atoms with Crippen LogP contribution in [-0.4, -0.2) is 58.2 Å². The van der Waals surface area contributed by atoms with E-state index in [9.17, 15) is 9.59 Å². The molecule has 1 aliphatic rings.